The first-order valence-electron chi connectivity index (χ1n) is 6.39. The highest BCUT2D eigenvalue weighted by Crippen LogP contribution is 2.32. The SMILES string of the molecule is CCCC(N)C(=O)N1CCc2ccc([N+](=O)[O-])cc21. The maximum Gasteiger partial charge on any atom is 0.271 e. The van der Waals surface area contributed by atoms with Crippen LogP contribution in [0.5, 0.6) is 0 Å². The molecule has 0 spiro atoms. The van der Waals surface area contributed by atoms with Crippen molar-refractivity contribution in [3.63, 3.8) is 0 Å². The molecule has 102 valence electrons. The molecule has 19 heavy (non-hydrogen) atoms. The van der Waals surface area contributed by atoms with Crippen LogP contribution in [0.15, 0.2) is 18.2 Å². The van der Waals surface area contributed by atoms with E-state index < -0.39 is 11.0 Å². The molecule has 1 aliphatic rings. The van der Waals surface area contributed by atoms with E-state index in [-0.39, 0.29) is 11.6 Å². The number of benzene rings is 1. The van der Waals surface area contributed by atoms with Crippen LogP contribution in [0.4, 0.5) is 11.4 Å². The molecule has 0 aliphatic carbocycles. The van der Waals surface area contributed by atoms with Crippen molar-refractivity contribution in [1.29, 1.82) is 0 Å². The summed E-state index contributed by atoms with van der Waals surface area (Å²) in [5, 5.41) is 10.8. The molecule has 0 aromatic heterocycles. The van der Waals surface area contributed by atoms with Crippen molar-refractivity contribution in [1.82, 2.24) is 0 Å². The summed E-state index contributed by atoms with van der Waals surface area (Å²) in [4.78, 5) is 24.1. The minimum Gasteiger partial charge on any atom is -0.320 e. The highest BCUT2D eigenvalue weighted by molar-refractivity contribution is 5.99. The van der Waals surface area contributed by atoms with Crippen LogP contribution in [-0.4, -0.2) is 23.4 Å². The lowest BCUT2D eigenvalue weighted by Gasteiger charge is -2.21. The quantitative estimate of drug-likeness (QED) is 0.660. The van der Waals surface area contributed by atoms with Crippen LogP contribution < -0.4 is 10.6 Å². The number of carbonyl (C=O) groups excluding carboxylic acids is 1. The molecule has 0 fully saturated rings. The Kier molecular flexibility index (Phi) is 3.80. The third-order valence-corrected chi connectivity index (χ3v) is 3.36. The van der Waals surface area contributed by atoms with E-state index in [1.54, 1.807) is 11.0 Å². The summed E-state index contributed by atoms with van der Waals surface area (Å²) in [5.41, 5.74) is 7.43. The van der Waals surface area contributed by atoms with Crippen molar-refractivity contribution >= 4 is 17.3 Å². The molecule has 2 rings (SSSR count). The van der Waals surface area contributed by atoms with E-state index in [0.717, 1.165) is 18.4 Å². The van der Waals surface area contributed by atoms with Crippen LogP contribution in [0.2, 0.25) is 0 Å². The predicted octanol–water partition coefficient (Wildman–Crippen LogP) is 1.61. The van der Waals surface area contributed by atoms with Gasteiger partial charge in [0.15, 0.2) is 0 Å². The number of fused-ring (bicyclic) bond motifs is 1. The zero-order chi connectivity index (χ0) is 14.0. The number of nitro benzene ring substituents is 1. The Balaban J connectivity index is 2.27. The van der Waals surface area contributed by atoms with Crippen molar-refractivity contribution in [3.8, 4) is 0 Å². The molecular weight excluding hydrogens is 246 g/mol. The van der Waals surface area contributed by atoms with Gasteiger partial charge in [-0.15, -0.1) is 0 Å². The largest absolute Gasteiger partial charge is 0.320 e. The van der Waals surface area contributed by atoms with Crippen LogP contribution in [-0.2, 0) is 11.2 Å². The van der Waals surface area contributed by atoms with Gasteiger partial charge in [0.1, 0.15) is 0 Å². The average molecular weight is 263 g/mol. The lowest BCUT2D eigenvalue weighted by Crippen LogP contribution is -2.43. The molecule has 0 saturated heterocycles. The second-order valence-corrected chi connectivity index (χ2v) is 4.71. The van der Waals surface area contributed by atoms with Gasteiger partial charge in [-0.2, -0.15) is 0 Å². The Morgan fingerprint density at radius 3 is 2.95 bits per heavy atom. The highest BCUT2D eigenvalue weighted by Gasteiger charge is 2.29. The number of carbonyl (C=O) groups is 1. The van der Waals surface area contributed by atoms with Gasteiger partial charge >= 0.3 is 0 Å². The number of anilines is 1. The molecular formula is C13H17N3O3. The molecule has 2 N–H and O–H groups in total. The van der Waals surface area contributed by atoms with Crippen molar-refractivity contribution < 1.29 is 9.72 Å². The van der Waals surface area contributed by atoms with E-state index in [1.165, 1.54) is 12.1 Å². The number of hydrogen-bond acceptors (Lipinski definition) is 4. The number of nitrogens with two attached hydrogens (primary N) is 1. The lowest BCUT2D eigenvalue weighted by atomic mass is 10.1. The van der Waals surface area contributed by atoms with E-state index in [0.29, 0.717) is 18.7 Å². The molecule has 0 saturated carbocycles. The maximum absolute atomic E-state index is 12.2. The minimum atomic E-state index is -0.532. The second-order valence-electron chi connectivity index (χ2n) is 4.71. The molecule has 1 aromatic rings. The number of rotatable bonds is 4. The highest BCUT2D eigenvalue weighted by atomic mass is 16.6. The van der Waals surface area contributed by atoms with Crippen molar-refractivity contribution in [2.75, 3.05) is 11.4 Å². The van der Waals surface area contributed by atoms with Gasteiger partial charge in [-0.05, 0) is 18.4 Å². The van der Waals surface area contributed by atoms with E-state index >= 15 is 0 Å². The van der Waals surface area contributed by atoms with E-state index in [2.05, 4.69) is 0 Å². The lowest BCUT2D eigenvalue weighted by molar-refractivity contribution is -0.384. The van der Waals surface area contributed by atoms with Crippen molar-refractivity contribution in [2.24, 2.45) is 5.73 Å². The third-order valence-electron chi connectivity index (χ3n) is 3.36. The van der Waals surface area contributed by atoms with E-state index in [4.69, 9.17) is 5.73 Å². The van der Waals surface area contributed by atoms with Gasteiger partial charge in [0.05, 0.1) is 16.7 Å². The summed E-state index contributed by atoms with van der Waals surface area (Å²) in [7, 11) is 0. The van der Waals surface area contributed by atoms with Crippen LogP contribution in [0.1, 0.15) is 25.3 Å². The summed E-state index contributed by atoms with van der Waals surface area (Å²) >= 11 is 0. The number of nitro groups is 1. The van der Waals surface area contributed by atoms with Gasteiger partial charge in [-0.3, -0.25) is 14.9 Å². The minimum absolute atomic E-state index is 0.00233. The molecule has 0 radical (unpaired) electrons. The summed E-state index contributed by atoms with van der Waals surface area (Å²) in [5.74, 6) is -0.152. The Morgan fingerprint density at radius 2 is 2.32 bits per heavy atom. The van der Waals surface area contributed by atoms with Gasteiger partial charge in [0, 0.05) is 18.7 Å². The van der Waals surface area contributed by atoms with Crippen LogP contribution in [0.25, 0.3) is 0 Å². The van der Waals surface area contributed by atoms with Crippen molar-refractivity contribution in [3.05, 3.63) is 33.9 Å². The first-order valence-corrected chi connectivity index (χ1v) is 6.39. The number of amides is 1. The Bertz CT molecular complexity index is 516. The molecule has 1 unspecified atom stereocenters. The summed E-state index contributed by atoms with van der Waals surface area (Å²) in [6.45, 7) is 2.52. The molecule has 1 heterocycles. The van der Waals surface area contributed by atoms with Crippen LogP contribution in [0, 0.1) is 10.1 Å². The van der Waals surface area contributed by atoms with Gasteiger partial charge in [0.2, 0.25) is 5.91 Å². The van der Waals surface area contributed by atoms with Gasteiger partial charge in [-0.25, -0.2) is 0 Å². The van der Waals surface area contributed by atoms with Gasteiger partial charge in [0.25, 0.3) is 5.69 Å². The molecule has 1 amide bonds. The summed E-state index contributed by atoms with van der Waals surface area (Å²) in [6, 6.07) is 4.11. The van der Waals surface area contributed by atoms with Gasteiger partial charge in [-0.1, -0.05) is 19.4 Å². The zero-order valence-corrected chi connectivity index (χ0v) is 10.8. The first kappa shape index (κ1) is 13.5. The molecule has 0 bridgehead atoms. The zero-order valence-electron chi connectivity index (χ0n) is 10.8. The number of hydrogen-bond donors (Lipinski definition) is 1. The Hall–Kier alpha value is -1.95. The smallest absolute Gasteiger partial charge is 0.271 e. The maximum atomic E-state index is 12.2. The Morgan fingerprint density at radius 1 is 1.58 bits per heavy atom. The molecule has 1 aliphatic heterocycles. The summed E-state index contributed by atoms with van der Waals surface area (Å²) in [6.07, 6.45) is 2.18. The fraction of sp³-hybridized carbons (Fsp3) is 0.462. The fourth-order valence-electron chi connectivity index (χ4n) is 2.34. The van der Waals surface area contributed by atoms with E-state index in [9.17, 15) is 14.9 Å². The third kappa shape index (κ3) is 2.58. The number of nitrogens with zero attached hydrogens (tertiary/aromatic N) is 2. The molecule has 1 atom stereocenters. The van der Waals surface area contributed by atoms with Gasteiger partial charge < -0.3 is 10.6 Å². The van der Waals surface area contributed by atoms with Crippen LogP contribution >= 0.6 is 0 Å². The summed E-state index contributed by atoms with van der Waals surface area (Å²) < 4.78 is 0. The van der Waals surface area contributed by atoms with E-state index in [1.807, 2.05) is 6.92 Å². The first-order chi connectivity index (χ1) is 9.04. The molecule has 1 aromatic carbocycles. The monoisotopic (exact) mass is 263 g/mol. The average Bonchev–Trinajstić information content (AvgIpc) is 2.80. The standard InChI is InChI=1S/C13H17N3O3/c1-2-3-11(14)13(17)15-7-6-9-4-5-10(16(18)19)8-12(9)15/h4-5,8,11H,2-3,6-7,14H2,1H3. The fourth-order valence-corrected chi connectivity index (χ4v) is 2.34. The topological polar surface area (TPSA) is 89.5 Å². The predicted molar refractivity (Wildman–Crippen MR) is 72.0 cm³/mol. The number of non-ortho nitro benzene ring substituents is 1. The van der Waals surface area contributed by atoms with Crippen LogP contribution in [0.3, 0.4) is 0 Å². The normalized spacial score (nSPS) is 15.2. The molecule has 6 nitrogen and oxygen atoms in total. The molecule has 6 heteroatoms. The second kappa shape index (κ2) is 5.36. The van der Waals surface area contributed by atoms with Crippen molar-refractivity contribution in [2.45, 2.75) is 32.2 Å². The Labute approximate surface area is 111 Å².